The van der Waals surface area contributed by atoms with Crippen LogP contribution in [0.25, 0.3) is 0 Å². The molecule has 1 rings (SSSR count). The van der Waals surface area contributed by atoms with Gasteiger partial charge < -0.3 is 20.7 Å². The number of nitriles is 1. The highest BCUT2D eigenvalue weighted by molar-refractivity contribution is 5.57. The fraction of sp³-hybridized carbons (Fsp3) is 0.500. The normalized spacial score (nSPS) is 10.3. The maximum atomic E-state index is 8.92. The Bertz CT molecular complexity index is 413. The van der Waals surface area contributed by atoms with Gasteiger partial charge in [0.05, 0.1) is 30.7 Å². The minimum atomic E-state index is 0.447. The third kappa shape index (κ3) is 4.99. The third-order valence-corrected chi connectivity index (χ3v) is 2.25. The summed E-state index contributed by atoms with van der Waals surface area (Å²) in [5.41, 5.74) is 6.49. The van der Waals surface area contributed by atoms with Crippen molar-refractivity contribution in [3.8, 4) is 6.07 Å². The number of anilines is 2. The van der Waals surface area contributed by atoms with E-state index in [1.807, 2.05) is 14.1 Å². The molecule has 1 aromatic heterocycles. The number of aromatic nitrogens is 1. The van der Waals surface area contributed by atoms with Crippen molar-refractivity contribution in [3.63, 3.8) is 0 Å². The number of nitrogens with zero attached hydrogens (tertiary/aromatic N) is 3. The minimum Gasteiger partial charge on any atom is -0.397 e. The smallest absolute Gasteiger partial charge is 0.144 e. The van der Waals surface area contributed by atoms with Gasteiger partial charge in [-0.25, -0.2) is 4.98 Å². The van der Waals surface area contributed by atoms with Gasteiger partial charge in [-0.2, -0.15) is 5.26 Å². The molecule has 1 heterocycles. The van der Waals surface area contributed by atoms with Gasteiger partial charge >= 0.3 is 0 Å². The molecule has 0 spiro atoms. The molecule has 6 nitrogen and oxygen atoms in total. The van der Waals surface area contributed by atoms with E-state index in [-0.39, 0.29) is 0 Å². The number of hydrogen-bond acceptors (Lipinski definition) is 6. The topological polar surface area (TPSA) is 87.2 Å². The molecule has 0 radical (unpaired) electrons. The molecular weight excluding hydrogens is 230 g/mol. The first-order valence-corrected chi connectivity index (χ1v) is 5.75. The number of pyridine rings is 1. The van der Waals surface area contributed by atoms with Gasteiger partial charge in [0.25, 0.3) is 0 Å². The molecule has 0 saturated carbocycles. The molecule has 1 aromatic rings. The Morgan fingerprint density at radius 3 is 2.94 bits per heavy atom. The molecule has 0 atom stereocenters. The van der Waals surface area contributed by atoms with Crippen molar-refractivity contribution in [1.82, 2.24) is 9.88 Å². The van der Waals surface area contributed by atoms with Crippen LogP contribution in [-0.2, 0) is 4.74 Å². The predicted molar refractivity (Wildman–Crippen MR) is 71.2 cm³/mol. The summed E-state index contributed by atoms with van der Waals surface area (Å²) in [4.78, 5) is 6.13. The standard InChI is InChI=1S/C12H19N5O/c1-17(2)4-6-18-5-3-15-12-10(8-13)7-11(14)9-16-12/h7,9H,3-6,14H2,1-2H3,(H,15,16). The zero-order valence-electron chi connectivity index (χ0n) is 10.8. The average Bonchev–Trinajstić information content (AvgIpc) is 2.34. The van der Waals surface area contributed by atoms with Crippen molar-refractivity contribution in [2.75, 3.05) is 51.4 Å². The first kappa shape index (κ1) is 14.2. The molecule has 0 aromatic carbocycles. The van der Waals surface area contributed by atoms with Gasteiger partial charge in [-0.05, 0) is 20.2 Å². The van der Waals surface area contributed by atoms with Crippen LogP contribution in [0.1, 0.15) is 5.56 Å². The van der Waals surface area contributed by atoms with E-state index in [2.05, 4.69) is 21.3 Å². The SMILES string of the molecule is CN(C)CCOCCNc1ncc(N)cc1C#N. The van der Waals surface area contributed by atoms with Crippen molar-refractivity contribution in [1.29, 1.82) is 5.26 Å². The lowest BCUT2D eigenvalue weighted by atomic mass is 10.2. The Balaban J connectivity index is 2.29. The van der Waals surface area contributed by atoms with Gasteiger partial charge in [-0.3, -0.25) is 0 Å². The van der Waals surface area contributed by atoms with Crippen LogP contribution in [0.5, 0.6) is 0 Å². The largest absolute Gasteiger partial charge is 0.397 e. The number of nitrogens with two attached hydrogens (primary N) is 1. The molecule has 0 aliphatic heterocycles. The molecule has 18 heavy (non-hydrogen) atoms. The molecule has 0 saturated heterocycles. The Morgan fingerprint density at radius 1 is 1.50 bits per heavy atom. The van der Waals surface area contributed by atoms with Crippen LogP contribution in [0.3, 0.4) is 0 Å². The summed E-state index contributed by atoms with van der Waals surface area (Å²) >= 11 is 0. The fourth-order valence-electron chi connectivity index (χ4n) is 1.30. The first-order chi connectivity index (χ1) is 8.63. The van der Waals surface area contributed by atoms with E-state index in [9.17, 15) is 0 Å². The zero-order valence-corrected chi connectivity index (χ0v) is 10.8. The molecule has 0 fully saturated rings. The summed E-state index contributed by atoms with van der Waals surface area (Å²) in [7, 11) is 4.00. The zero-order chi connectivity index (χ0) is 13.4. The highest BCUT2D eigenvalue weighted by Gasteiger charge is 2.03. The van der Waals surface area contributed by atoms with E-state index in [0.717, 1.165) is 6.54 Å². The summed E-state index contributed by atoms with van der Waals surface area (Å²) in [6.07, 6.45) is 1.52. The van der Waals surface area contributed by atoms with Crippen LogP contribution in [0.15, 0.2) is 12.3 Å². The molecule has 98 valence electrons. The molecule has 0 amide bonds. The van der Waals surface area contributed by atoms with Gasteiger partial charge in [0.1, 0.15) is 11.9 Å². The lowest BCUT2D eigenvalue weighted by molar-refractivity contribution is 0.126. The third-order valence-electron chi connectivity index (χ3n) is 2.25. The van der Waals surface area contributed by atoms with Gasteiger partial charge in [0.2, 0.25) is 0 Å². The Hall–Kier alpha value is -1.84. The van der Waals surface area contributed by atoms with E-state index in [0.29, 0.717) is 36.8 Å². The maximum absolute atomic E-state index is 8.92. The number of nitrogen functional groups attached to an aromatic ring is 1. The van der Waals surface area contributed by atoms with E-state index in [1.165, 1.54) is 6.20 Å². The fourth-order valence-corrected chi connectivity index (χ4v) is 1.30. The van der Waals surface area contributed by atoms with Crippen LogP contribution in [0.4, 0.5) is 11.5 Å². The summed E-state index contributed by atoms with van der Waals surface area (Å²) in [5.74, 6) is 0.544. The molecule has 3 N–H and O–H groups in total. The molecule has 0 bridgehead atoms. The van der Waals surface area contributed by atoms with Crippen molar-refractivity contribution in [2.45, 2.75) is 0 Å². The van der Waals surface area contributed by atoms with Crippen LogP contribution >= 0.6 is 0 Å². The molecule has 0 aliphatic rings. The second-order valence-corrected chi connectivity index (χ2v) is 4.12. The highest BCUT2D eigenvalue weighted by atomic mass is 16.5. The summed E-state index contributed by atoms with van der Waals surface area (Å²) in [5, 5.41) is 12.0. The lowest BCUT2D eigenvalue weighted by Gasteiger charge is -2.11. The average molecular weight is 249 g/mol. The van der Waals surface area contributed by atoms with Gasteiger partial charge in [-0.15, -0.1) is 0 Å². The predicted octanol–water partition coefficient (Wildman–Crippen LogP) is 0.526. The van der Waals surface area contributed by atoms with Crippen molar-refractivity contribution < 1.29 is 4.74 Å². The van der Waals surface area contributed by atoms with Gasteiger partial charge in [0.15, 0.2) is 0 Å². The Morgan fingerprint density at radius 2 is 2.28 bits per heavy atom. The van der Waals surface area contributed by atoms with Crippen LogP contribution < -0.4 is 11.1 Å². The number of rotatable bonds is 7. The molecule has 6 heteroatoms. The molecular formula is C12H19N5O. The summed E-state index contributed by atoms with van der Waals surface area (Å²) < 4.78 is 5.42. The number of nitrogens with one attached hydrogen (secondary N) is 1. The Kier molecular flexibility index (Phi) is 5.91. The van der Waals surface area contributed by atoms with E-state index in [4.69, 9.17) is 15.7 Å². The van der Waals surface area contributed by atoms with E-state index >= 15 is 0 Å². The number of ether oxygens (including phenoxy) is 1. The highest BCUT2D eigenvalue weighted by Crippen LogP contribution is 2.13. The van der Waals surface area contributed by atoms with Crippen molar-refractivity contribution >= 4 is 11.5 Å². The second-order valence-electron chi connectivity index (χ2n) is 4.12. The molecule has 0 aliphatic carbocycles. The first-order valence-electron chi connectivity index (χ1n) is 5.75. The number of hydrogen-bond donors (Lipinski definition) is 2. The minimum absolute atomic E-state index is 0.447. The monoisotopic (exact) mass is 249 g/mol. The van der Waals surface area contributed by atoms with Crippen molar-refractivity contribution in [3.05, 3.63) is 17.8 Å². The number of likely N-dealkylation sites (N-methyl/N-ethyl adjacent to an activating group) is 1. The maximum Gasteiger partial charge on any atom is 0.144 e. The van der Waals surface area contributed by atoms with Gasteiger partial charge in [-0.1, -0.05) is 0 Å². The van der Waals surface area contributed by atoms with Crippen LogP contribution in [0, 0.1) is 11.3 Å². The van der Waals surface area contributed by atoms with Gasteiger partial charge in [0, 0.05) is 13.1 Å². The Labute approximate surface area is 107 Å². The van der Waals surface area contributed by atoms with Crippen LogP contribution in [0.2, 0.25) is 0 Å². The van der Waals surface area contributed by atoms with Crippen LogP contribution in [-0.4, -0.2) is 50.3 Å². The van der Waals surface area contributed by atoms with Crippen molar-refractivity contribution in [2.24, 2.45) is 0 Å². The summed E-state index contributed by atoms with van der Waals surface area (Å²) in [6, 6.07) is 3.65. The lowest BCUT2D eigenvalue weighted by Crippen LogP contribution is -2.20. The van der Waals surface area contributed by atoms with E-state index in [1.54, 1.807) is 6.07 Å². The second kappa shape index (κ2) is 7.48. The summed E-state index contributed by atoms with van der Waals surface area (Å²) in [6.45, 7) is 2.77. The molecule has 0 unspecified atom stereocenters. The van der Waals surface area contributed by atoms with E-state index < -0.39 is 0 Å². The quantitative estimate of drug-likeness (QED) is 0.685.